The molecule has 0 aromatic heterocycles. The normalized spacial score (nSPS) is 30.2. The van der Waals surface area contributed by atoms with Crippen molar-refractivity contribution in [1.29, 1.82) is 0 Å². The molecule has 1 spiro atoms. The van der Waals surface area contributed by atoms with Crippen LogP contribution in [-0.4, -0.2) is 65.5 Å². The Morgan fingerprint density at radius 2 is 1.74 bits per heavy atom. The highest BCUT2D eigenvalue weighted by Gasteiger charge is 2.53. The fourth-order valence-corrected chi connectivity index (χ4v) is 6.28. The Hall–Kier alpha value is -2.25. The molecule has 1 aromatic carbocycles. The minimum atomic E-state index is -1.26. The first-order valence-corrected chi connectivity index (χ1v) is 12.8. The number of carbonyl (C=O) groups is 3. The lowest BCUT2D eigenvalue weighted by Crippen LogP contribution is -2.66. The molecule has 7 heteroatoms. The van der Waals surface area contributed by atoms with Crippen LogP contribution in [0, 0.1) is 16.7 Å². The molecule has 34 heavy (non-hydrogen) atoms. The molecule has 0 bridgehead atoms. The van der Waals surface area contributed by atoms with Crippen molar-refractivity contribution in [2.45, 2.75) is 70.9 Å². The van der Waals surface area contributed by atoms with E-state index in [-0.39, 0.29) is 30.1 Å². The summed E-state index contributed by atoms with van der Waals surface area (Å²) in [5.41, 5.74) is -0.186. The van der Waals surface area contributed by atoms with Gasteiger partial charge in [-0.2, -0.15) is 0 Å². The molecule has 2 heterocycles. The third-order valence-corrected chi connectivity index (χ3v) is 8.37. The van der Waals surface area contributed by atoms with Crippen molar-refractivity contribution in [1.82, 2.24) is 15.1 Å². The second kappa shape index (κ2) is 10.2. The number of Topliss-reactive ketones (excluding diaryl/α,β-unsaturated/α-hetero) is 1. The van der Waals surface area contributed by atoms with E-state index in [1.165, 1.54) is 44.1 Å². The molecule has 2 aliphatic heterocycles. The van der Waals surface area contributed by atoms with Gasteiger partial charge in [0.2, 0.25) is 5.91 Å². The number of hydrogen-bond acceptors (Lipinski definition) is 5. The molecule has 4 rings (SSSR count). The molecular formula is C27H39N3O4. The molecule has 1 aliphatic carbocycles. The summed E-state index contributed by atoms with van der Waals surface area (Å²) in [6.45, 7) is 2.99. The van der Waals surface area contributed by atoms with Crippen LogP contribution in [0.1, 0.15) is 63.9 Å². The summed E-state index contributed by atoms with van der Waals surface area (Å²) in [7, 11) is 1.49. The number of hydrogen-bond donors (Lipinski definition) is 2. The number of benzene rings is 1. The Balaban J connectivity index is 1.49. The van der Waals surface area contributed by atoms with E-state index in [1.807, 2.05) is 30.3 Å². The van der Waals surface area contributed by atoms with Gasteiger partial charge in [0.05, 0.1) is 12.0 Å². The summed E-state index contributed by atoms with van der Waals surface area (Å²) in [4.78, 5) is 42.2. The average Bonchev–Trinajstić information content (AvgIpc) is 2.83. The van der Waals surface area contributed by atoms with E-state index < -0.39 is 23.6 Å². The maximum atomic E-state index is 13.6. The van der Waals surface area contributed by atoms with Gasteiger partial charge in [0, 0.05) is 26.1 Å². The van der Waals surface area contributed by atoms with Crippen LogP contribution in [0.15, 0.2) is 30.3 Å². The van der Waals surface area contributed by atoms with Crippen LogP contribution in [0.4, 0.5) is 4.79 Å². The van der Waals surface area contributed by atoms with E-state index in [9.17, 15) is 19.5 Å². The Morgan fingerprint density at radius 3 is 2.41 bits per heavy atom. The van der Waals surface area contributed by atoms with Crippen LogP contribution < -0.4 is 5.32 Å². The number of imide groups is 1. The van der Waals surface area contributed by atoms with Gasteiger partial charge in [-0.15, -0.1) is 0 Å². The predicted molar refractivity (Wildman–Crippen MR) is 130 cm³/mol. The summed E-state index contributed by atoms with van der Waals surface area (Å²) in [6, 6.07) is 8.86. The van der Waals surface area contributed by atoms with Crippen molar-refractivity contribution in [3.63, 3.8) is 0 Å². The second-order valence-electron chi connectivity index (χ2n) is 11.0. The van der Waals surface area contributed by atoms with E-state index in [1.54, 1.807) is 6.92 Å². The second-order valence-corrected chi connectivity index (χ2v) is 11.0. The highest BCUT2D eigenvalue weighted by molar-refractivity contribution is 6.03. The van der Waals surface area contributed by atoms with Crippen LogP contribution in [-0.2, 0) is 16.0 Å². The Morgan fingerprint density at radius 1 is 1.09 bits per heavy atom. The van der Waals surface area contributed by atoms with Gasteiger partial charge < -0.3 is 15.3 Å². The van der Waals surface area contributed by atoms with Crippen molar-refractivity contribution in [3.8, 4) is 0 Å². The van der Waals surface area contributed by atoms with Crippen molar-refractivity contribution in [3.05, 3.63) is 35.9 Å². The molecule has 2 N–H and O–H groups in total. The number of nitrogens with zero attached hydrogens (tertiary/aromatic N) is 2. The molecule has 1 aromatic rings. The topological polar surface area (TPSA) is 90.0 Å². The number of nitrogens with one attached hydrogen (secondary N) is 1. The SMILES string of the molecule is CN1C(=O)N(CC(=O)C2CNCC3(CCCCCCC3)C2)C(=O)C(C)(Cc2ccccc2)C1O. The van der Waals surface area contributed by atoms with E-state index in [0.717, 1.165) is 36.3 Å². The van der Waals surface area contributed by atoms with Gasteiger partial charge in [-0.25, -0.2) is 4.79 Å². The van der Waals surface area contributed by atoms with Gasteiger partial charge in [0.15, 0.2) is 5.78 Å². The Bertz CT molecular complexity index is 896. The third-order valence-electron chi connectivity index (χ3n) is 8.37. The Labute approximate surface area is 202 Å². The fraction of sp³-hybridized carbons (Fsp3) is 0.667. The third kappa shape index (κ3) is 4.91. The summed E-state index contributed by atoms with van der Waals surface area (Å²) in [5.74, 6) is -0.752. The fourth-order valence-electron chi connectivity index (χ4n) is 6.28. The average molecular weight is 470 g/mol. The number of ketones is 1. The van der Waals surface area contributed by atoms with Gasteiger partial charge in [-0.3, -0.25) is 14.5 Å². The van der Waals surface area contributed by atoms with Gasteiger partial charge in [-0.05, 0) is 43.6 Å². The quantitative estimate of drug-likeness (QED) is 0.690. The number of carbonyl (C=O) groups excluding carboxylic acids is 3. The molecule has 3 aliphatic rings. The molecule has 1 saturated carbocycles. The number of rotatable bonds is 5. The maximum Gasteiger partial charge on any atom is 0.328 e. The molecule has 7 nitrogen and oxygen atoms in total. The van der Waals surface area contributed by atoms with Crippen molar-refractivity contribution in [2.75, 3.05) is 26.7 Å². The first-order valence-electron chi connectivity index (χ1n) is 12.8. The van der Waals surface area contributed by atoms with Gasteiger partial charge in [-0.1, -0.05) is 62.4 Å². The molecular weight excluding hydrogens is 430 g/mol. The summed E-state index contributed by atoms with van der Waals surface area (Å²) in [5, 5.41) is 14.4. The monoisotopic (exact) mass is 469 g/mol. The maximum absolute atomic E-state index is 13.6. The highest BCUT2D eigenvalue weighted by Crippen LogP contribution is 2.42. The zero-order chi connectivity index (χ0) is 24.3. The number of urea groups is 1. The number of piperidine rings is 1. The smallest absolute Gasteiger partial charge is 0.328 e. The standard InChI is InChI=1S/C27H39N3O4/c1-26(15-20-11-7-6-8-12-20)23(32)29(2)25(34)30(24(26)33)18-22(31)21-16-27(19-28-17-21)13-9-4-3-5-10-14-27/h6-8,11-12,21,23,28,32H,3-5,9-10,13-19H2,1-2H3. The van der Waals surface area contributed by atoms with Crippen LogP contribution in [0.3, 0.4) is 0 Å². The lowest BCUT2D eigenvalue weighted by molar-refractivity contribution is -0.163. The molecule has 3 unspecified atom stereocenters. The van der Waals surface area contributed by atoms with E-state index >= 15 is 0 Å². The summed E-state index contributed by atoms with van der Waals surface area (Å²) in [6.07, 6.45) is 8.33. The Kier molecular flexibility index (Phi) is 7.43. The first-order chi connectivity index (χ1) is 16.3. The van der Waals surface area contributed by atoms with Gasteiger partial charge >= 0.3 is 6.03 Å². The molecule has 0 radical (unpaired) electrons. The van der Waals surface area contributed by atoms with Crippen LogP contribution in [0.5, 0.6) is 0 Å². The van der Waals surface area contributed by atoms with Gasteiger partial charge in [0.25, 0.3) is 0 Å². The van der Waals surface area contributed by atoms with Crippen LogP contribution in [0.25, 0.3) is 0 Å². The molecule has 3 amide bonds. The molecule has 3 atom stereocenters. The lowest BCUT2D eigenvalue weighted by Gasteiger charge is -2.47. The molecule has 186 valence electrons. The first kappa shape index (κ1) is 24.9. The highest BCUT2D eigenvalue weighted by atomic mass is 16.3. The molecule has 3 fully saturated rings. The minimum absolute atomic E-state index is 0.0674. The van der Waals surface area contributed by atoms with Crippen LogP contribution >= 0.6 is 0 Å². The van der Waals surface area contributed by atoms with E-state index in [4.69, 9.17) is 0 Å². The lowest BCUT2D eigenvalue weighted by atomic mass is 9.68. The predicted octanol–water partition coefficient (Wildman–Crippen LogP) is 3.36. The zero-order valence-corrected chi connectivity index (χ0v) is 20.6. The van der Waals surface area contributed by atoms with Crippen molar-refractivity contribution < 1.29 is 19.5 Å². The van der Waals surface area contributed by atoms with Crippen molar-refractivity contribution >= 4 is 17.7 Å². The molecule has 2 saturated heterocycles. The summed E-state index contributed by atoms with van der Waals surface area (Å²) < 4.78 is 0. The van der Waals surface area contributed by atoms with E-state index in [0.29, 0.717) is 6.54 Å². The van der Waals surface area contributed by atoms with Crippen LogP contribution in [0.2, 0.25) is 0 Å². The zero-order valence-electron chi connectivity index (χ0n) is 20.6. The number of aliphatic hydroxyl groups excluding tert-OH is 1. The largest absolute Gasteiger partial charge is 0.372 e. The number of amides is 3. The number of aliphatic hydroxyl groups is 1. The minimum Gasteiger partial charge on any atom is -0.372 e. The van der Waals surface area contributed by atoms with Crippen molar-refractivity contribution in [2.24, 2.45) is 16.7 Å². The van der Waals surface area contributed by atoms with Gasteiger partial charge in [0.1, 0.15) is 6.23 Å². The van der Waals surface area contributed by atoms with E-state index in [2.05, 4.69) is 5.32 Å². The summed E-state index contributed by atoms with van der Waals surface area (Å²) >= 11 is 0.